The van der Waals surface area contributed by atoms with E-state index in [1.54, 1.807) is 0 Å². The molecular formula is C23H30N2O3. The number of rotatable bonds is 9. The van der Waals surface area contributed by atoms with Crippen LogP contribution in [0.1, 0.15) is 49.5 Å². The second-order valence-corrected chi connectivity index (χ2v) is 7.13. The van der Waals surface area contributed by atoms with E-state index in [1.165, 1.54) is 0 Å². The van der Waals surface area contributed by atoms with Gasteiger partial charge in [-0.15, -0.1) is 0 Å². The molecule has 5 heteroatoms. The molecule has 3 rings (SSSR count). The number of hydrogen-bond donors (Lipinski definition) is 1. The summed E-state index contributed by atoms with van der Waals surface area (Å²) in [4.78, 5) is 15.2. The summed E-state index contributed by atoms with van der Waals surface area (Å²) < 4.78 is 11.2. The second kappa shape index (κ2) is 9.11. The summed E-state index contributed by atoms with van der Waals surface area (Å²) in [6, 6.07) is 15.7. The molecule has 1 atom stereocenters. The first kappa shape index (κ1) is 20.2. The maximum Gasteiger partial charge on any atom is 0.258 e. The van der Waals surface area contributed by atoms with Crippen molar-refractivity contribution >= 4 is 11.6 Å². The number of nitrogens with zero attached hydrogens (tertiary/aromatic N) is 1. The van der Waals surface area contributed by atoms with Gasteiger partial charge in [0, 0.05) is 24.4 Å². The third-order valence-electron chi connectivity index (χ3n) is 5.15. The summed E-state index contributed by atoms with van der Waals surface area (Å²) in [5.74, 6) is 0.843. The Morgan fingerprint density at radius 1 is 1.07 bits per heavy atom. The lowest BCUT2D eigenvalue weighted by Gasteiger charge is -2.47. The van der Waals surface area contributed by atoms with E-state index < -0.39 is 5.66 Å². The van der Waals surface area contributed by atoms with E-state index in [0.29, 0.717) is 26.4 Å². The van der Waals surface area contributed by atoms with E-state index in [0.717, 1.165) is 35.4 Å². The van der Waals surface area contributed by atoms with Crippen LogP contribution in [0.25, 0.3) is 0 Å². The summed E-state index contributed by atoms with van der Waals surface area (Å²) in [7, 11) is 0. The quantitative estimate of drug-likeness (QED) is 0.642. The first-order valence-electron chi connectivity index (χ1n) is 10.1. The minimum atomic E-state index is -0.639. The molecule has 0 radical (unpaired) electrons. The third kappa shape index (κ3) is 4.14. The maximum atomic E-state index is 13.3. The lowest BCUT2D eigenvalue weighted by molar-refractivity contribution is 0.0530. The predicted molar refractivity (Wildman–Crippen MR) is 112 cm³/mol. The fraction of sp³-hybridized carbons (Fsp3) is 0.435. The fourth-order valence-corrected chi connectivity index (χ4v) is 3.58. The van der Waals surface area contributed by atoms with Gasteiger partial charge >= 0.3 is 0 Å². The van der Waals surface area contributed by atoms with Crippen LogP contribution in [-0.4, -0.2) is 37.2 Å². The molecule has 2 aromatic carbocycles. The van der Waals surface area contributed by atoms with Crippen LogP contribution in [-0.2, 0) is 10.4 Å². The largest absolute Gasteiger partial charge is 0.491 e. The molecule has 1 N–H and O–H groups in total. The Labute approximate surface area is 167 Å². The zero-order valence-electron chi connectivity index (χ0n) is 17.0. The predicted octanol–water partition coefficient (Wildman–Crippen LogP) is 4.64. The fourth-order valence-electron chi connectivity index (χ4n) is 3.58. The molecule has 0 spiro atoms. The average molecular weight is 383 g/mol. The van der Waals surface area contributed by atoms with E-state index >= 15 is 0 Å². The van der Waals surface area contributed by atoms with Gasteiger partial charge in [-0.2, -0.15) is 0 Å². The van der Waals surface area contributed by atoms with E-state index in [-0.39, 0.29) is 5.91 Å². The Kier molecular flexibility index (Phi) is 6.57. The van der Waals surface area contributed by atoms with Crippen LogP contribution in [0.5, 0.6) is 5.75 Å². The SMILES string of the molecule is CCCCN1C(=O)c2ccccc2NC1(C)c1cccc(OCCOCC)c1. The van der Waals surface area contributed by atoms with Crippen LogP contribution in [0.3, 0.4) is 0 Å². The van der Waals surface area contributed by atoms with Gasteiger partial charge in [0.05, 0.1) is 12.2 Å². The van der Waals surface area contributed by atoms with Gasteiger partial charge in [0.1, 0.15) is 18.0 Å². The lowest BCUT2D eigenvalue weighted by atomic mass is 9.93. The van der Waals surface area contributed by atoms with Crippen molar-refractivity contribution in [2.75, 3.05) is 31.7 Å². The van der Waals surface area contributed by atoms with Crippen LogP contribution in [0.4, 0.5) is 5.69 Å². The molecule has 5 nitrogen and oxygen atoms in total. The van der Waals surface area contributed by atoms with Crippen molar-refractivity contribution in [2.45, 2.75) is 39.3 Å². The highest BCUT2D eigenvalue weighted by Crippen LogP contribution is 2.38. The number of para-hydroxylation sites is 1. The molecule has 1 unspecified atom stereocenters. The topological polar surface area (TPSA) is 50.8 Å². The number of carbonyl (C=O) groups is 1. The van der Waals surface area contributed by atoms with Crippen LogP contribution >= 0.6 is 0 Å². The first-order chi connectivity index (χ1) is 13.6. The Morgan fingerprint density at radius 2 is 1.89 bits per heavy atom. The van der Waals surface area contributed by atoms with E-state index in [9.17, 15) is 4.79 Å². The van der Waals surface area contributed by atoms with E-state index in [2.05, 4.69) is 19.2 Å². The van der Waals surface area contributed by atoms with Gasteiger partial charge in [0.15, 0.2) is 0 Å². The van der Waals surface area contributed by atoms with Gasteiger partial charge < -0.3 is 19.7 Å². The molecule has 1 aliphatic rings. The summed E-state index contributed by atoms with van der Waals surface area (Å²) in [5.41, 5.74) is 1.95. The summed E-state index contributed by atoms with van der Waals surface area (Å²) >= 11 is 0. The molecule has 2 aromatic rings. The van der Waals surface area contributed by atoms with Crippen LogP contribution in [0.15, 0.2) is 48.5 Å². The highest BCUT2D eigenvalue weighted by atomic mass is 16.5. The minimum Gasteiger partial charge on any atom is -0.491 e. The average Bonchev–Trinajstić information content (AvgIpc) is 2.71. The number of carbonyl (C=O) groups excluding carboxylic acids is 1. The molecule has 0 saturated heterocycles. The lowest BCUT2D eigenvalue weighted by Crippen LogP contribution is -2.56. The number of fused-ring (bicyclic) bond motifs is 1. The van der Waals surface area contributed by atoms with Crippen molar-refractivity contribution in [1.82, 2.24) is 4.90 Å². The third-order valence-corrected chi connectivity index (χ3v) is 5.15. The number of anilines is 1. The van der Waals surface area contributed by atoms with Crippen molar-refractivity contribution in [3.05, 3.63) is 59.7 Å². The van der Waals surface area contributed by atoms with Crippen molar-refractivity contribution in [1.29, 1.82) is 0 Å². The van der Waals surface area contributed by atoms with Gasteiger partial charge in [-0.1, -0.05) is 37.6 Å². The number of benzene rings is 2. The van der Waals surface area contributed by atoms with Gasteiger partial charge in [-0.3, -0.25) is 4.79 Å². The summed E-state index contributed by atoms with van der Waals surface area (Å²) in [6.45, 7) is 8.61. The molecule has 1 heterocycles. The highest BCUT2D eigenvalue weighted by molar-refractivity contribution is 6.02. The summed E-state index contributed by atoms with van der Waals surface area (Å²) in [6.07, 6.45) is 1.98. The van der Waals surface area contributed by atoms with Crippen molar-refractivity contribution in [2.24, 2.45) is 0 Å². The number of amides is 1. The van der Waals surface area contributed by atoms with E-state index in [4.69, 9.17) is 9.47 Å². The van der Waals surface area contributed by atoms with Gasteiger partial charge in [0.2, 0.25) is 0 Å². The monoisotopic (exact) mass is 382 g/mol. The van der Waals surface area contributed by atoms with Crippen molar-refractivity contribution in [3.63, 3.8) is 0 Å². The Morgan fingerprint density at radius 3 is 2.68 bits per heavy atom. The smallest absolute Gasteiger partial charge is 0.258 e. The van der Waals surface area contributed by atoms with Crippen LogP contribution in [0, 0.1) is 0 Å². The highest BCUT2D eigenvalue weighted by Gasteiger charge is 2.42. The van der Waals surface area contributed by atoms with Crippen LogP contribution in [0.2, 0.25) is 0 Å². The standard InChI is InChI=1S/C23H30N2O3/c1-4-6-14-25-22(26)20-12-7-8-13-21(20)24-23(25,3)18-10-9-11-19(17-18)28-16-15-27-5-2/h7-13,17,24H,4-6,14-16H2,1-3H3. The first-order valence-corrected chi connectivity index (χ1v) is 10.1. The van der Waals surface area contributed by atoms with Gasteiger partial charge in [0.25, 0.3) is 5.91 Å². The van der Waals surface area contributed by atoms with Crippen molar-refractivity contribution in [3.8, 4) is 5.75 Å². The number of ether oxygens (including phenoxy) is 2. The molecule has 0 bridgehead atoms. The zero-order valence-corrected chi connectivity index (χ0v) is 17.0. The molecule has 0 aromatic heterocycles. The van der Waals surface area contributed by atoms with Gasteiger partial charge in [-0.25, -0.2) is 0 Å². The molecule has 0 fully saturated rings. The number of hydrogen-bond acceptors (Lipinski definition) is 4. The number of nitrogens with one attached hydrogen (secondary N) is 1. The Bertz CT molecular complexity index is 808. The molecule has 150 valence electrons. The zero-order chi connectivity index (χ0) is 20.0. The van der Waals surface area contributed by atoms with Gasteiger partial charge in [-0.05, 0) is 44.5 Å². The number of unbranched alkanes of at least 4 members (excludes halogenated alkanes) is 1. The normalized spacial score (nSPS) is 18.5. The maximum absolute atomic E-state index is 13.3. The minimum absolute atomic E-state index is 0.0629. The molecular weight excluding hydrogens is 352 g/mol. The Hall–Kier alpha value is -2.53. The molecule has 0 aliphatic carbocycles. The van der Waals surface area contributed by atoms with E-state index in [1.807, 2.05) is 60.4 Å². The second-order valence-electron chi connectivity index (χ2n) is 7.13. The van der Waals surface area contributed by atoms with Crippen molar-refractivity contribution < 1.29 is 14.3 Å². The molecule has 1 aliphatic heterocycles. The molecule has 28 heavy (non-hydrogen) atoms. The van der Waals surface area contributed by atoms with Crippen LogP contribution < -0.4 is 10.1 Å². The Balaban J connectivity index is 1.92. The molecule has 1 amide bonds. The molecule has 0 saturated carbocycles. The summed E-state index contributed by atoms with van der Waals surface area (Å²) in [5, 5.41) is 3.61.